The first-order valence-corrected chi connectivity index (χ1v) is 11.5. The smallest absolute Gasteiger partial charge is 0.266 e. The lowest BCUT2D eigenvalue weighted by Crippen LogP contribution is -2.13. The summed E-state index contributed by atoms with van der Waals surface area (Å²) in [6.45, 7) is 5.08. The number of halogens is 1. The number of para-hydroxylation sites is 1. The summed E-state index contributed by atoms with van der Waals surface area (Å²) in [4.78, 5) is 12.5. The van der Waals surface area contributed by atoms with Crippen LogP contribution in [0.25, 0.3) is 6.08 Å². The van der Waals surface area contributed by atoms with Crippen molar-refractivity contribution in [1.29, 1.82) is 5.26 Å². The molecule has 0 aliphatic heterocycles. The molecule has 1 N–H and O–H groups in total. The van der Waals surface area contributed by atoms with Crippen molar-refractivity contribution < 1.29 is 14.3 Å². The molecule has 0 spiro atoms. The third-order valence-corrected chi connectivity index (χ3v) is 5.06. The average molecular weight is 455 g/mol. The lowest BCUT2D eigenvalue weighted by Gasteiger charge is -2.14. The van der Waals surface area contributed by atoms with E-state index in [-0.39, 0.29) is 5.57 Å². The van der Waals surface area contributed by atoms with Crippen LogP contribution in [-0.2, 0) is 4.79 Å². The van der Waals surface area contributed by atoms with Crippen molar-refractivity contribution >= 4 is 29.3 Å². The Morgan fingerprint density at radius 3 is 2.47 bits per heavy atom. The second-order valence-corrected chi connectivity index (χ2v) is 7.78. The van der Waals surface area contributed by atoms with Crippen LogP contribution < -0.4 is 14.8 Å². The number of unbranched alkanes of at least 4 members (excludes halogenated alkanes) is 5. The largest absolute Gasteiger partial charge is 0.490 e. The normalized spacial score (nSPS) is 11.0. The van der Waals surface area contributed by atoms with Gasteiger partial charge in [-0.25, -0.2) is 0 Å². The second kappa shape index (κ2) is 14.2. The Hall–Kier alpha value is -2.97. The van der Waals surface area contributed by atoms with Gasteiger partial charge in [0, 0.05) is 5.69 Å². The van der Waals surface area contributed by atoms with Crippen molar-refractivity contribution in [1.82, 2.24) is 0 Å². The van der Waals surface area contributed by atoms with E-state index < -0.39 is 5.91 Å². The number of ether oxygens (including phenoxy) is 2. The van der Waals surface area contributed by atoms with Gasteiger partial charge in [0.05, 0.1) is 18.2 Å². The third kappa shape index (κ3) is 8.28. The molecule has 0 aliphatic rings. The molecule has 2 rings (SSSR count). The summed E-state index contributed by atoms with van der Waals surface area (Å²) < 4.78 is 11.6. The predicted octanol–water partition coefficient (Wildman–Crippen LogP) is 7.02. The van der Waals surface area contributed by atoms with E-state index in [1.54, 1.807) is 24.3 Å². The molecule has 0 saturated heterocycles. The Morgan fingerprint density at radius 1 is 1.06 bits per heavy atom. The Balaban J connectivity index is 2.11. The summed E-state index contributed by atoms with van der Waals surface area (Å²) in [5, 5.41) is 12.6. The first-order valence-electron chi connectivity index (χ1n) is 11.2. The van der Waals surface area contributed by atoms with Crippen LogP contribution in [0, 0.1) is 11.3 Å². The van der Waals surface area contributed by atoms with Gasteiger partial charge in [-0.1, -0.05) is 68.8 Å². The van der Waals surface area contributed by atoms with Crippen LogP contribution in [0.5, 0.6) is 11.5 Å². The first kappa shape index (κ1) is 25.3. The molecule has 0 saturated carbocycles. The van der Waals surface area contributed by atoms with Crippen LogP contribution >= 0.6 is 11.6 Å². The molecule has 6 heteroatoms. The van der Waals surface area contributed by atoms with Gasteiger partial charge in [-0.15, -0.1) is 0 Å². The van der Waals surface area contributed by atoms with E-state index in [9.17, 15) is 10.1 Å². The highest BCUT2D eigenvalue weighted by molar-refractivity contribution is 6.32. The molecule has 5 nitrogen and oxygen atoms in total. The first-order chi connectivity index (χ1) is 15.6. The van der Waals surface area contributed by atoms with Gasteiger partial charge < -0.3 is 14.8 Å². The number of carbonyl (C=O) groups is 1. The monoisotopic (exact) mass is 454 g/mol. The molecule has 0 heterocycles. The molecule has 0 aromatic heterocycles. The quantitative estimate of drug-likeness (QED) is 0.200. The molecule has 0 aliphatic carbocycles. The van der Waals surface area contributed by atoms with Crippen molar-refractivity contribution in [2.75, 3.05) is 18.5 Å². The summed E-state index contributed by atoms with van der Waals surface area (Å²) in [5.41, 5.74) is 1.17. The molecule has 0 atom stereocenters. The van der Waals surface area contributed by atoms with E-state index in [2.05, 4.69) is 12.2 Å². The van der Waals surface area contributed by atoms with Gasteiger partial charge >= 0.3 is 0 Å². The van der Waals surface area contributed by atoms with Crippen LogP contribution in [0.4, 0.5) is 5.69 Å². The zero-order chi connectivity index (χ0) is 23.2. The number of carbonyl (C=O) groups excluding carboxylic acids is 1. The van der Waals surface area contributed by atoms with Gasteiger partial charge in [0.25, 0.3) is 5.91 Å². The van der Waals surface area contributed by atoms with Gasteiger partial charge in [0.15, 0.2) is 11.5 Å². The van der Waals surface area contributed by atoms with E-state index in [0.717, 1.165) is 12.8 Å². The second-order valence-electron chi connectivity index (χ2n) is 7.37. The summed E-state index contributed by atoms with van der Waals surface area (Å²) in [6.07, 6.45) is 8.51. The standard InChI is InChI=1S/C26H31ClN2O3/c1-3-5-6-7-8-12-15-32-25-23(27)17-20(18-24(25)31-4-2)16-21(19-28)26(30)29-22-13-10-9-11-14-22/h9-11,13-14,16-18H,3-8,12,15H2,1-2H3,(H,29,30)/b21-16+. The maximum atomic E-state index is 12.5. The molecule has 0 bridgehead atoms. The summed E-state index contributed by atoms with van der Waals surface area (Å²) in [7, 11) is 0. The van der Waals surface area contributed by atoms with Gasteiger partial charge in [0.1, 0.15) is 11.6 Å². The van der Waals surface area contributed by atoms with Crippen LogP contribution in [-0.4, -0.2) is 19.1 Å². The zero-order valence-corrected chi connectivity index (χ0v) is 19.6. The van der Waals surface area contributed by atoms with E-state index in [1.807, 2.05) is 31.2 Å². The number of nitrogens with one attached hydrogen (secondary N) is 1. The number of nitrogens with zero attached hydrogens (tertiary/aromatic N) is 1. The van der Waals surface area contributed by atoms with Crippen LogP contribution in [0.3, 0.4) is 0 Å². The van der Waals surface area contributed by atoms with Crippen LogP contribution in [0.2, 0.25) is 5.02 Å². The maximum Gasteiger partial charge on any atom is 0.266 e. The maximum absolute atomic E-state index is 12.5. The zero-order valence-electron chi connectivity index (χ0n) is 18.8. The fraction of sp³-hybridized carbons (Fsp3) is 0.385. The Bertz CT molecular complexity index is 936. The number of benzene rings is 2. The van der Waals surface area contributed by atoms with Gasteiger partial charge in [-0.3, -0.25) is 4.79 Å². The molecule has 0 unspecified atom stereocenters. The topological polar surface area (TPSA) is 71.3 Å². The van der Waals surface area contributed by atoms with Gasteiger partial charge in [0.2, 0.25) is 0 Å². The molecule has 1 amide bonds. The Kier molecular flexibility index (Phi) is 11.2. The lowest BCUT2D eigenvalue weighted by atomic mass is 10.1. The Labute approximate surface area is 196 Å². The summed E-state index contributed by atoms with van der Waals surface area (Å²) in [6, 6.07) is 14.3. The minimum atomic E-state index is -0.490. The summed E-state index contributed by atoms with van der Waals surface area (Å²) in [5.74, 6) is 0.501. The van der Waals surface area contributed by atoms with Gasteiger partial charge in [-0.05, 0) is 49.2 Å². The van der Waals surface area contributed by atoms with Crippen molar-refractivity contribution in [3.8, 4) is 17.6 Å². The molecular weight excluding hydrogens is 424 g/mol. The number of nitriles is 1. The predicted molar refractivity (Wildman–Crippen MR) is 130 cm³/mol. The van der Waals surface area contributed by atoms with Gasteiger partial charge in [-0.2, -0.15) is 5.26 Å². The SMILES string of the molecule is CCCCCCCCOc1c(Cl)cc(/C=C(\C#N)C(=O)Nc2ccccc2)cc1OCC. The molecule has 0 fully saturated rings. The molecule has 32 heavy (non-hydrogen) atoms. The van der Waals surface area contributed by atoms with Crippen molar-refractivity contribution in [2.45, 2.75) is 52.4 Å². The number of anilines is 1. The molecule has 170 valence electrons. The minimum absolute atomic E-state index is 0.0342. The molecule has 2 aromatic rings. The third-order valence-electron chi connectivity index (χ3n) is 4.78. The highest BCUT2D eigenvalue weighted by Crippen LogP contribution is 2.37. The highest BCUT2D eigenvalue weighted by atomic mass is 35.5. The Morgan fingerprint density at radius 2 is 1.78 bits per heavy atom. The van der Waals surface area contributed by atoms with Crippen LogP contribution in [0.15, 0.2) is 48.0 Å². The minimum Gasteiger partial charge on any atom is -0.490 e. The van der Waals surface area contributed by atoms with Crippen LogP contribution in [0.1, 0.15) is 57.9 Å². The molecule has 0 radical (unpaired) electrons. The van der Waals surface area contributed by atoms with E-state index in [1.165, 1.54) is 31.8 Å². The lowest BCUT2D eigenvalue weighted by molar-refractivity contribution is -0.112. The fourth-order valence-corrected chi connectivity index (χ4v) is 3.44. The average Bonchev–Trinajstić information content (AvgIpc) is 2.79. The van der Waals surface area contributed by atoms with Crippen molar-refractivity contribution in [3.63, 3.8) is 0 Å². The number of hydrogen-bond acceptors (Lipinski definition) is 4. The molecule has 2 aromatic carbocycles. The molecular formula is C26H31ClN2O3. The van der Waals surface area contributed by atoms with E-state index in [0.29, 0.717) is 41.0 Å². The summed E-state index contributed by atoms with van der Waals surface area (Å²) >= 11 is 6.47. The number of rotatable bonds is 13. The van der Waals surface area contributed by atoms with Crippen molar-refractivity contribution in [3.05, 3.63) is 58.6 Å². The fourth-order valence-electron chi connectivity index (χ4n) is 3.17. The van der Waals surface area contributed by atoms with Crippen molar-refractivity contribution in [2.24, 2.45) is 0 Å². The van der Waals surface area contributed by atoms with E-state index >= 15 is 0 Å². The number of amides is 1. The number of hydrogen-bond donors (Lipinski definition) is 1. The van der Waals surface area contributed by atoms with E-state index in [4.69, 9.17) is 21.1 Å². The highest BCUT2D eigenvalue weighted by Gasteiger charge is 2.15.